The second kappa shape index (κ2) is 6.35. The van der Waals surface area contributed by atoms with E-state index >= 15 is 0 Å². The van der Waals surface area contributed by atoms with Gasteiger partial charge in [0.05, 0.1) is 11.4 Å². The van der Waals surface area contributed by atoms with Gasteiger partial charge in [-0.15, -0.1) is 0 Å². The number of anilines is 2. The van der Waals surface area contributed by atoms with Gasteiger partial charge >= 0.3 is 0 Å². The maximum atomic E-state index is 12.3. The number of carbonyl (C=O) groups excluding carboxylic acids is 2. The maximum absolute atomic E-state index is 12.3. The number of nitrogens with zero attached hydrogens (tertiary/aromatic N) is 1. The van der Waals surface area contributed by atoms with Gasteiger partial charge in [-0.2, -0.15) is 0 Å². The van der Waals surface area contributed by atoms with Crippen LogP contribution in [-0.2, 0) is 9.59 Å². The Balaban J connectivity index is 2.18. The topological polar surface area (TPSA) is 61.4 Å². The molecule has 2 rings (SSSR count). The van der Waals surface area contributed by atoms with E-state index in [2.05, 4.69) is 10.6 Å². The monoisotopic (exact) mass is 309 g/mol. The Labute approximate surface area is 129 Å². The van der Waals surface area contributed by atoms with Gasteiger partial charge in [0.1, 0.15) is 12.6 Å². The summed E-state index contributed by atoms with van der Waals surface area (Å²) < 4.78 is 0. The van der Waals surface area contributed by atoms with Crippen LogP contribution in [-0.4, -0.2) is 30.9 Å². The Bertz CT molecular complexity index is 560. The fourth-order valence-electron chi connectivity index (χ4n) is 2.19. The van der Waals surface area contributed by atoms with Crippen molar-refractivity contribution in [3.63, 3.8) is 0 Å². The lowest BCUT2D eigenvalue weighted by Gasteiger charge is -2.33. The average Bonchev–Trinajstić information content (AvgIpc) is 2.41. The van der Waals surface area contributed by atoms with Crippen molar-refractivity contribution in [2.75, 3.05) is 23.3 Å². The lowest BCUT2D eigenvalue weighted by molar-refractivity contribution is -0.124. The molecule has 1 aliphatic rings. The minimum atomic E-state index is -0.381. The van der Waals surface area contributed by atoms with E-state index in [4.69, 9.17) is 11.6 Å². The zero-order chi connectivity index (χ0) is 15.6. The van der Waals surface area contributed by atoms with Crippen molar-refractivity contribution in [3.05, 3.63) is 23.2 Å². The molecule has 0 saturated heterocycles. The zero-order valence-corrected chi connectivity index (χ0v) is 13.2. The van der Waals surface area contributed by atoms with E-state index in [9.17, 15) is 9.59 Å². The van der Waals surface area contributed by atoms with Crippen LogP contribution in [0.1, 0.15) is 20.8 Å². The molecule has 6 heteroatoms. The third-order valence-corrected chi connectivity index (χ3v) is 3.50. The van der Waals surface area contributed by atoms with Gasteiger partial charge in [0, 0.05) is 11.6 Å². The van der Waals surface area contributed by atoms with Crippen LogP contribution in [0.25, 0.3) is 0 Å². The summed E-state index contributed by atoms with van der Waals surface area (Å²) in [6.07, 6.45) is 0. The molecule has 1 aliphatic heterocycles. The summed E-state index contributed by atoms with van der Waals surface area (Å²) in [5.41, 5.74) is 1.45. The van der Waals surface area contributed by atoms with Crippen LogP contribution in [0.2, 0.25) is 5.02 Å². The van der Waals surface area contributed by atoms with Gasteiger partial charge in [-0.25, -0.2) is 0 Å². The number of benzene rings is 1. The lowest BCUT2D eigenvalue weighted by Crippen LogP contribution is -2.50. The van der Waals surface area contributed by atoms with Crippen LogP contribution in [0, 0.1) is 5.92 Å². The summed E-state index contributed by atoms with van der Waals surface area (Å²) in [5, 5.41) is 6.51. The predicted octanol–water partition coefficient (Wildman–Crippen LogP) is 2.26. The van der Waals surface area contributed by atoms with Gasteiger partial charge in [0.15, 0.2) is 0 Å². The second-order valence-corrected chi connectivity index (χ2v) is 6.09. The van der Waals surface area contributed by atoms with E-state index in [0.29, 0.717) is 23.2 Å². The first-order valence-electron chi connectivity index (χ1n) is 7.02. The highest BCUT2D eigenvalue weighted by molar-refractivity contribution is 6.31. The molecule has 0 radical (unpaired) electrons. The molecule has 1 heterocycles. The van der Waals surface area contributed by atoms with Gasteiger partial charge in [-0.3, -0.25) is 14.5 Å². The molecule has 0 fully saturated rings. The van der Waals surface area contributed by atoms with Crippen molar-refractivity contribution in [1.82, 2.24) is 5.32 Å². The van der Waals surface area contributed by atoms with Gasteiger partial charge in [-0.05, 0) is 31.0 Å². The number of rotatable bonds is 4. The summed E-state index contributed by atoms with van der Waals surface area (Å²) in [6, 6.07) is 4.85. The zero-order valence-electron chi connectivity index (χ0n) is 12.4. The fourth-order valence-corrected chi connectivity index (χ4v) is 2.36. The van der Waals surface area contributed by atoms with Crippen LogP contribution in [0.3, 0.4) is 0 Å². The molecule has 1 atom stereocenters. The van der Waals surface area contributed by atoms with E-state index in [1.165, 1.54) is 4.90 Å². The Kier molecular flexibility index (Phi) is 4.73. The summed E-state index contributed by atoms with van der Waals surface area (Å²) >= 11 is 5.98. The average molecular weight is 310 g/mol. The molecular formula is C15H20ClN3O2. The summed E-state index contributed by atoms with van der Waals surface area (Å²) in [6.45, 7) is 6.44. The maximum Gasteiger partial charge on any atom is 0.249 e. The van der Waals surface area contributed by atoms with Crippen molar-refractivity contribution >= 4 is 34.8 Å². The predicted molar refractivity (Wildman–Crippen MR) is 84.7 cm³/mol. The smallest absolute Gasteiger partial charge is 0.249 e. The van der Waals surface area contributed by atoms with E-state index in [1.54, 1.807) is 25.1 Å². The molecule has 0 saturated carbocycles. The van der Waals surface area contributed by atoms with Crippen LogP contribution in [0.4, 0.5) is 11.4 Å². The first-order chi connectivity index (χ1) is 9.88. The highest BCUT2D eigenvalue weighted by Crippen LogP contribution is 2.33. The second-order valence-electron chi connectivity index (χ2n) is 5.65. The molecule has 2 amide bonds. The first kappa shape index (κ1) is 15.6. The third-order valence-electron chi connectivity index (χ3n) is 3.27. The molecule has 5 nitrogen and oxygen atoms in total. The molecule has 0 aromatic heterocycles. The summed E-state index contributed by atoms with van der Waals surface area (Å²) in [4.78, 5) is 25.8. The third kappa shape index (κ3) is 3.67. The molecule has 1 aromatic carbocycles. The number of fused-ring (bicyclic) bond motifs is 1. The van der Waals surface area contributed by atoms with Crippen molar-refractivity contribution < 1.29 is 9.59 Å². The van der Waals surface area contributed by atoms with Crippen LogP contribution >= 0.6 is 11.6 Å². The normalized spacial score (nSPS) is 17.5. The van der Waals surface area contributed by atoms with Crippen molar-refractivity contribution in [2.45, 2.75) is 26.8 Å². The van der Waals surface area contributed by atoms with Crippen molar-refractivity contribution in [3.8, 4) is 0 Å². The van der Waals surface area contributed by atoms with E-state index in [1.807, 2.05) is 13.8 Å². The molecule has 2 N–H and O–H groups in total. The van der Waals surface area contributed by atoms with Crippen molar-refractivity contribution in [2.24, 2.45) is 5.92 Å². The van der Waals surface area contributed by atoms with Crippen molar-refractivity contribution in [1.29, 1.82) is 0 Å². The van der Waals surface area contributed by atoms with Crippen LogP contribution < -0.4 is 15.5 Å². The van der Waals surface area contributed by atoms with Gasteiger partial charge in [-0.1, -0.05) is 25.4 Å². The molecule has 1 unspecified atom stereocenters. The molecule has 0 spiro atoms. The lowest BCUT2D eigenvalue weighted by atomic mass is 10.1. The largest absolute Gasteiger partial charge is 0.372 e. The molecule has 0 aliphatic carbocycles. The van der Waals surface area contributed by atoms with Gasteiger partial charge < -0.3 is 10.6 Å². The SMILES string of the molecule is CC(C)CNC(=O)CN1C(=O)C(C)Nc2cc(Cl)ccc21. The molecular weight excluding hydrogens is 290 g/mol. The minimum absolute atomic E-state index is 0.0200. The molecule has 0 bridgehead atoms. The number of hydrogen-bond acceptors (Lipinski definition) is 3. The molecule has 114 valence electrons. The minimum Gasteiger partial charge on any atom is -0.372 e. The van der Waals surface area contributed by atoms with Gasteiger partial charge in [0.25, 0.3) is 0 Å². The van der Waals surface area contributed by atoms with E-state index < -0.39 is 0 Å². The number of hydrogen-bond donors (Lipinski definition) is 2. The van der Waals surface area contributed by atoms with E-state index in [0.717, 1.165) is 5.69 Å². The number of nitrogens with one attached hydrogen (secondary N) is 2. The first-order valence-corrected chi connectivity index (χ1v) is 7.40. The van der Waals surface area contributed by atoms with Gasteiger partial charge in [0.2, 0.25) is 11.8 Å². The molecule has 1 aromatic rings. The Morgan fingerprint density at radius 1 is 1.48 bits per heavy atom. The number of amides is 2. The Morgan fingerprint density at radius 2 is 2.19 bits per heavy atom. The number of halogens is 1. The Hall–Kier alpha value is -1.75. The highest BCUT2D eigenvalue weighted by Gasteiger charge is 2.30. The van der Waals surface area contributed by atoms with Crippen LogP contribution in [0.15, 0.2) is 18.2 Å². The van der Waals surface area contributed by atoms with Crippen LogP contribution in [0.5, 0.6) is 0 Å². The highest BCUT2D eigenvalue weighted by atomic mass is 35.5. The summed E-state index contributed by atoms with van der Waals surface area (Å²) in [7, 11) is 0. The summed E-state index contributed by atoms with van der Waals surface area (Å²) in [5.74, 6) is 0.0919. The standard InChI is InChI=1S/C15H20ClN3O2/c1-9(2)7-17-14(20)8-19-13-5-4-11(16)6-12(13)18-10(3)15(19)21/h4-6,9-10,18H,7-8H2,1-3H3,(H,17,20). The van der Waals surface area contributed by atoms with E-state index in [-0.39, 0.29) is 24.4 Å². The molecule has 21 heavy (non-hydrogen) atoms. The number of carbonyl (C=O) groups is 2. The fraction of sp³-hybridized carbons (Fsp3) is 0.467. The quantitative estimate of drug-likeness (QED) is 0.897. The Morgan fingerprint density at radius 3 is 2.86 bits per heavy atom.